The molecule has 2 aromatic heterocycles. The second-order valence-corrected chi connectivity index (χ2v) is 6.65. The zero-order chi connectivity index (χ0) is 16.3. The minimum atomic E-state index is -1.14. The Morgan fingerprint density at radius 3 is 2.59 bits per heavy atom. The number of rotatable bonds is 5. The molecule has 0 aliphatic rings. The molecule has 0 unspecified atom stereocenters. The van der Waals surface area contributed by atoms with Gasteiger partial charge in [0.1, 0.15) is 5.69 Å². The predicted molar refractivity (Wildman–Crippen MR) is 85.3 cm³/mol. The van der Waals surface area contributed by atoms with Crippen molar-refractivity contribution in [3.63, 3.8) is 0 Å². The van der Waals surface area contributed by atoms with Gasteiger partial charge in [-0.05, 0) is 45.0 Å². The molecular formula is C16H18N2O3S. The van der Waals surface area contributed by atoms with Crippen molar-refractivity contribution >= 4 is 23.2 Å². The smallest absolute Gasteiger partial charge is 0.354 e. The van der Waals surface area contributed by atoms with Gasteiger partial charge in [-0.15, -0.1) is 11.3 Å². The van der Waals surface area contributed by atoms with E-state index in [1.807, 2.05) is 32.9 Å². The van der Waals surface area contributed by atoms with Crippen LogP contribution in [0.1, 0.15) is 44.4 Å². The molecule has 1 N–H and O–H groups in total. The van der Waals surface area contributed by atoms with Crippen LogP contribution in [0.4, 0.5) is 0 Å². The maximum atomic E-state index is 12.7. The van der Waals surface area contributed by atoms with E-state index in [0.717, 1.165) is 4.88 Å². The Kier molecular flexibility index (Phi) is 4.92. The average Bonchev–Trinajstić information content (AvgIpc) is 2.89. The third-order valence-electron chi connectivity index (χ3n) is 3.23. The molecule has 0 radical (unpaired) electrons. The van der Waals surface area contributed by atoms with Crippen LogP contribution in [0, 0.1) is 6.92 Å². The molecule has 0 spiro atoms. The van der Waals surface area contributed by atoms with Crippen LogP contribution in [0.2, 0.25) is 0 Å². The highest BCUT2D eigenvalue weighted by Crippen LogP contribution is 2.20. The van der Waals surface area contributed by atoms with Gasteiger partial charge >= 0.3 is 5.97 Å². The monoisotopic (exact) mass is 318 g/mol. The van der Waals surface area contributed by atoms with Crippen molar-refractivity contribution in [2.24, 2.45) is 0 Å². The van der Waals surface area contributed by atoms with Crippen molar-refractivity contribution in [3.05, 3.63) is 51.5 Å². The van der Waals surface area contributed by atoms with E-state index >= 15 is 0 Å². The molecule has 0 saturated carbocycles. The zero-order valence-corrected chi connectivity index (χ0v) is 13.6. The fourth-order valence-corrected chi connectivity index (χ4v) is 2.96. The van der Waals surface area contributed by atoms with E-state index in [1.165, 1.54) is 17.1 Å². The standard InChI is InChI=1S/C16H18N2O3S/c1-10(2)18(9-13-5-4-11(3)22-13)15(19)12-6-7-17-14(8-12)16(20)21/h4-8,10H,9H2,1-3H3,(H,20,21). The predicted octanol–water partition coefficient (Wildman–Crippen LogP) is 3.20. The average molecular weight is 318 g/mol. The van der Waals surface area contributed by atoms with Crippen molar-refractivity contribution in [1.29, 1.82) is 0 Å². The number of aromatic nitrogens is 1. The summed E-state index contributed by atoms with van der Waals surface area (Å²) >= 11 is 1.65. The van der Waals surface area contributed by atoms with Gasteiger partial charge in [0.2, 0.25) is 0 Å². The van der Waals surface area contributed by atoms with Gasteiger partial charge in [-0.2, -0.15) is 0 Å². The highest BCUT2D eigenvalue weighted by molar-refractivity contribution is 7.11. The minimum Gasteiger partial charge on any atom is -0.477 e. The topological polar surface area (TPSA) is 70.5 Å². The summed E-state index contributed by atoms with van der Waals surface area (Å²) in [7, 11) is 0. The molecule has 2 rings (SSSR count). The number of hydrogen-bond donors (Lipinski definition) is 1. The van der Waals surface area contributed by atoms with Gasteiger partial charge in [-0.1, -0.05) is 0 Å². The van der Waals surface area contributed by atoms with Crippen LogP contribution in [0.25, 0.3) is 0 Å². The molecule has 0 aliphatic heterocycles. The van der Waals surface area contributed by atoms with Crippen molar-refractivity contribution in [1.82, 2.24) is 9.88 Å². The molecule has 22 heavy (non-hydrogen) atoms. The Morgan fingerprint density at radius 1 is 1.32 bits per heavy atom. The Labute approximate surface area is 133 Å². The van der Waals surface area contributed by atoms with Crippen molar-refractivity contribution in [3.8, 4) is 0 Å². The van der Waals surface area contributed by atoms with Crippen molar-refractivity contribution in [2.75, 3.05) is 0 Å². The molecule has 6 heteroatoms. The van der Waals surface area contributed by atoms with Gasteiger partial charge in [0.25, 0.3) is 5.91 Å². The Hall–Kier alpha value is -2.21. The number of aryl methyl sites for hydroxylation is 1. The number of pyridine rings is 1. The first-order valence-electron chi connectivity index (χ1n) is 6.94. The van der Waals surface area contributed by atoms with Crippen LogP contribution in [-0.4, -0.2) is 32.9 Å². The molecule has 0 fully saturated rings. The third kappa shape index (κ3) is 3.71. The molecule has 0 saturated heterocycles. The summed E-state index contributed by atoms with van der Waals surface area (Å²) in [5.74, 6) is -1.33. The number of carbonyl (C=O) groups is 2. The van der Waals surface area contributed by atoms with Crippen LogP contribution < -0.4 is 0 Å². The highest BCUT2D eigenvalue weighted by Gasteiger charge is 2.21. The van der Waals surface area contributed by atoms with Gasteiger partial charge in [0.15, 0.2) is 0 Å². The largest absolute Gasteiger partial charge is 0.477 e. The summed E-state index contributed by atoms with van der Waals surface area (Å²) in [5, 5.41) is 8.99. The van der Waals surface area contributed by atoms with E-state index in [2.05, 4.69) is 4.98 Å². The summed E-state index contributed by atoms with van der Waals surface area (Å²) in [5.41, 5.74) is 0.218. The zero-order valence-electron chi connectivity index (χ0n) is 12.7. The molecule has 1 amide bonds. The number of hydrogen-bond acceptors (Lipinski definition) is 4. The van der Waals surface area contributed by atoms with E-state index in [0.29, 0.717) is 12.1 Å². The van der Waals surface area contributed by atoms with Gasteiger partial charge in [-0.25, -0.2) is 9.78 Å². The molecule has 2 aromatic rings. The maximum absolute atomic E-state index is 12.7. The summed E-state index contributed by atoms with van der Waals surface area (Å²) < 4.78 is 0. The van der Waals surface area contributed by atoms with Crippen LogP contribution in [0.3, 0.4) is 0 Å². The van der Waals surface area contributed by atoms with Crippen LogP contribution >= 0.6 is 11.3 Å². The van der Waals surface area contributed by atoms with Crippen LogP contribution in [0.5, 0.6) is 0 Å². The lowest BCUT2D eigenvalue weighted by atomic mass is 10.1. The number of carboxylic acids is 1. The molecule has 0 aromatic carbocycles. The fourth-order valence-electron chi connectivity index (χ4n) is 2.07. The normalized spacial score (nSPS) is 10.7. The summed E-state index contributed by atoms with van der Waals surface area (Å²) in [6.07, 6.45) is 1.35. The lowest BCUT2D eigenvalue weighted by Gasteiger charge is -2.26. The van der Waals surface area contributed by atoms with E-state index in [4.69, 9.17) is 5.11 Å². The first-order valence-corrected chi connectivity index (χ1v) is 7.75. The second kappa shape index (κ2) is 6.70. The summed E-state index contributed by atoms with van der Waals surface area (Å²) in [6, 6.07) is 6.91. The fraction of sp³-hybridized carbons (Fsp3) is 0.312. The Balaban J connectivity index is 2.26. The second-order valence-electron chi connectivity index (χ2n) is 5.27. The van der Waals surface area contributed by atoms with Gasteiger partial charge < -0.3 is 10.0 Å². The number of carbonyl (C=O) groups excluding carboxylic acids is 1. The van der Waals surface area contributed by atoms with Gasteiger partial charge in [0, 0.05) is 27.6 Å². The Morgan fingerprint density at radius 2 is 2.05 bits per heavy atom. The first kappa shape index (κ1) is 16.2. The highest BCUT2D eigenvalue weighted by atomic mass is 32.1. The molecule has 0 atom stereocenters. The molecular weight excluding hydrogens is 300 g/mol. The third-order valence-corrected chi connectivity index (χ3v) is 4.22. The van der Waals surface area contributed by atoms with E-state index in [-0.39, 0.29) is 17.6 Å². The van der Waals surface area contributed by atoms with E-state index < -0.39 is 5.97 Å². The van der Waals surface area contributed by atoms with Crippen LogP contribution in [-0.2, 0) is 6.54 Å². The Bertz CT molecular complexity index is 694. The van der Waals surface area contributed by atoms with E-state index in [9.17, 15) is 9.59 Å². The number of nitrogens with zero attached hydrogens (tertiary/aromatic N) is 2. The molecule has 116 valence electrons. The van der Waals surface area contributed by atoms with Crippen molar-refractivity contribution in [2.45, 2.75) is 33.4 Å². The lowest BCUT2D eigenvalue weighted by Crippen LogP contribution is -2.36. The quantitative estimate of drug-likeness (QED) is 0.919. The van der Waals surface area contributed by atoms with Gasteiger partial charge in [-0.3, -0.25) is 4.79 Å². The van der Waals surface area contributed by atoms with Crippen molar-refractivity contribution < 1.29 is 14.7 Å². The SMILES string of the molecule is Cc1ccc(CN(C(=O)c2ccnc(C(=O)O)c2)C(C)C)s1. The number of thiophene rings is 1. The summed E-state index contributed by atoms with van der Waals surface area (Å²) in [4.78, 5) is 31.4. The molecule has 5 nitrogen and oxygen atoms in total. The van der Waals surface area contributed by atoms with Gasteiger partial charge in [0.05, 0.1) is 6.54 Å². The number of aromatic carboxylic acids is 1. The summed E-state index contributed by atoms with van der Waals surface area (Å²) in [6.45, 7) is 6.42. The number of carboxylic acid groups (broad SMARTS) is 1. The molecule has 0 aliphatic carbocycles. The lowest BCUT2D eigenvalue weighted by molar-refractivity contribution is 0.0690. The van der Waals surface area contributed by atoms with E-state index in [1.54, 1.807) is 22.3 Å². The minimum absolute atomic E-state index is 0.0105. The number of amides is 1. The molecule has 2 heterocycles. The van der Waals surface area contributed by atoms with Crippen LogP contribution in [0.15, 0.2) is 30.5 Å². The molecule has 0 bridgehead atoms. The first-order chi connectivity index (χ1) is 10.4. The maximum Gasteiger partial charge on any atom is 0.354 e.